The third-order valence-corrected chi connectivity index (χ3v) is 7.57. The summed E-state index contributed by atoms with van der Waals surface area (Å²) in [5, 5.41) is 15.3. The van der Waals surface area contributed by atoms with Crippen LogP contribution in [0.4, 0.5) is 5.69 Å². The molecule has 2 aliphatic heterocycles. The number of piperidine rings is 1. The fourth-order valence-corrected chi connectivity index (χ4v) is 5.60. The highest BCUT2D eigenvalue weighted by Gasteiger charge is 2.53. The molecule has 3 aliphatic carbocycles. The number of anilines is 1. The van der Waals surface area contributed by atoms with E-state index in [2.05, 4.69) is 10.6 Å². The zero-order valence-electron chi connectivity index (χ0n) is 16.9. The first kappa shape index (κ1) is 19.7. The molecule has 2 bridgehead atoms. The van der Waals surface area contributed by atoms with Crippen molar-refractivity contribution in [3.8, 4) is 0 Å². The van der Waals surface area contributed by atoms with Crippen molar-refractivity contribution in [3.63, 3.8) is 0 Å². The fraction of sp³-hybridized carbons (Fsp3) is 0.500. The minimum absolute atomic E-state index is 0.0728. The van der Waals surface area contributed by atoms with Gasteiger partial charge in [-0.2, -0.15) is 0 Å². The smallest absolute Gasteiger partial charge is 0.309 e. The van der Waals surface area contributed by atoms with Crippen molar-refractivity contribution in [2.75, 3.05) is 5.32 Å². The lowest BCUT2D eigenvalue weighted by Gasteiger charge is -2.52. The maximum absolute atomic E-state index is 13.3. The molecule has 3 N–H and O–H groups in total. The second kappa shape index (κ2) is 6.63. The highest BCUT2D eigenvalue weighted by molar-refractivity contribution is 6.25. The van der Waals surface area contributed by atoms with Crippen LogP contribution in [0.1, 0.15) is 72.1 Å². The van der Waals surface area contributed by atoms with Crippen LogP contribution in [0.25, 0.3) is 0 Å². The van der Waals surface area contributed by atoms with Crippen molar-refractivity contribution in [1.29, 1.82) is 0 Å². The maximum atomic E-state index is 13.3. The van der Waals surface area contributed by atoms with Crippen molar-refractivity contribution in [3.05, 3.63) is 29.3 Å². The summed E-state index contributed by atoms with van der Waals surface area (Å²) in [4.78, 5) is 62.7. The van der Waals surface area contributed by atoms with E-state index in [1.165, 1.54) is 0 Å². The molecule has 1 aromatic carbocycles. The van der Waals surface area contributed by atoms with Crippen LogP contribution >= 0.6 is 0 Å². The van der Waals surface area contributed by atoms with Crippen molar-refractivity contribution in [2.45, 2.75) is 62.9 Å². The van der Waals surface area contributed by atoms with E-state index < -0.39 is 41.1 Å². The average Bonchev–Trinajstić information content (AvgIpc) is 3.00. The Hall–Kier alpha value is -3.23. The number of rotatable bonds is 4. The molecule has 5 aliphatic rings. The van der Waals surface area contributed by atoms with Gasteiger partial charge in [0.2, 0.25) is 11.8 Å². The minimum Gasteiger partial charge on any atom is -0.481 e. The lowest BCUT2D eigenvalue weighted by atomic mass is 9.57. The Kier molecular flexibility index (Phi) is 4.22. The number of carboxylic acid groups (broad SMARTS) is 1. The lowest BCUT2D eigenvalue weighted by Crippen LogP contribution is -2.54. The number of nitrogens with zero attached hydrogens (tertiary/aromatic N) is 1. The number of benzene rings is 1. The van der Waals surface area contributed by atoms with Crippen LogP contribution in [0.5, 0.6) is 0 Å². The van der Waals surface area contributed by atoms with Crippen LogP contribution in [-0.4, -0.2) is 51.2 Å². The Labute approximate surface area is 178 Å². The molecule has 3 saturated carbocycles. The van der Waals surface area contributed by atoms with E-state index in [0.717, 1.165) is 4.90 Å². The summed E-state index contributed by atoms with van der Waals surface area (Å²) in [5.41, 5.74) is 0.0684. The van der Waals surface area contributed by atoms with Crippen molar-refractivity contribution in [1.82, 2.24) is 10.2 Å². The van der Waals surface area contributed by atoms with Crippen LogP contribution in [0, 0.1) is 5.41 Å². The van der Waals surface area contributed by atoms with Gasteiger partial charge in [-0.25, -0.2) is 0 Å². The monoisotopic (exact) mass is 425 g/mol. The molecule has 0 spiro atoms. The number of hydrogen-bond acceptors (Lipinski definition) is 6. The predicted molar refractivity (Wildman–Crippen MR) is 107 cm³/mol. The largest absolute Gasteiger partial charge is 0.481 e. The summed E-state index contributed by atoms with van der Waals surface area (Å²) in [6.07, 6.45) is 3.98. The number of carboxylic acids is 1. The van der Waals surface area contributed by atoms with Gasteiger partial charge < -0.3 is 10.4 Å². The van der Waals surface area contributed by atoms with Crippen LogP contribution in [-0.2, 0) is 14.4 Å². The van der Waals surface area contributed by atoms with Crippen molar-refractivity contribution < 1.29 is 29.1 Å². The number of hydrogen-bond donors (Lipinski definition) is 3. The Morgan fingerprint density at radius 3 is 2.32 bits per heavy atom. The second-order valence-corrected chi connectivity index (χ2v) is 9.17. The van der Waals surface area contributed by atoms with E-state index in [0.29, 0.717) is 44.2 Å². The van der Waals surface area contributed by atoms with Gasteiger partial charge in [0, 0.05) is 17.6 Å². The molecule has 1 atom stereocenters. The first-order chi connectivity index (χ1) is 14.8. The Morgan fingerprint density at radius 2 is 1.71 bits per heavy atom. The Bertz CT molecular complexity index is 1020. The van der Waals surface area contributed by atoms with Crippen molar-refractivity contribution in [2.24, 2.45) is 5.41 Å². The van der Waals surface area contributed by atoms with Crippen LogP contribution in [0.3, 0.4) is 0 Å². The number of amides is 4. The number of carbonyl (C=O) groups excluding carboxylic acids is 4. The molecule has 0 radical (unpaired) electrons. The molecule has 4 amide bonds. The molecule has 2 heterocycles. The van der Waals surface area contributed by atoms with Crippen LogP contribution < -0.4 is 10.6 Å². The number of imide groups is 2. The average molecular weight is 425 g/mol. The predicted octanol–water partition coefficient (Wildman–Crippen LogP) is 1.68. The summed E-state index contributed by atoms with van der Waals surface area (Å²) in [7, 11) is 0. The van der Waals surface area contributed by atoms with E-state index >= 15 is 0 Å². The van der Waals surface area contributed by atoms with Gasteiger partial charge in [0.1, 0.15) is 6.04 Å². The van der Waals surface area contributed by atoms with Crippen molar-refractivity contribution >= 4 is 35.3 Å². The highest BCUT2D eigenvalue weighted by atomic mass is 16.4. The molecule has 4 fully saturated rings. The highest BCUT2D eigenvalue weighted by Crippen LogP contribution is 2.54. The zero-order valence-corrected chi connectivity index (χ0v) is 16.9. The van der Waals surface area contributed by atoms with Gasteiger partial charge in [-0.05, 0) is 57.1 Å². The zero-order chi connectivity index (χ0) is 22.0. The molecule has 9 heteroatoms. The minimum atomic E-state index is -1.00. The van der Waals surface area contributed by atoms with Gasteiger partial charge in [0.05, 0.1) is 16.5 Å². The molecule has 162 valence electrons. The Balaban J connectivity index is 1.42. The molecule has 31 heavy (non-hydrogen) atoms. The fourth-order valence-electron chi connectivity index (χ4n) is 5.60. The molecular formula is C22H23N3O6. The van der Waals surface area contributed by atoms with Gasteiger partial charge in [-0.3, -0.25) is 34.2 Å². The molecule has 1 aromatic rings. The van der Waals surface area contributed by atoms with Crippen LogP contribution in [0.2, 0.25) is 0 Å². The van der Waals surface area contributed by atoms with E-state index in [1.807, 2.05) is 0 Å². The molecule has 0 aromatic heterocycles. The van der Waals surface area contributed by atoms with Gasteiger partial charge in [-0.1, -0.05) is 6.07 Å². The summed E-state index contributed by atoms with van der Waals surface area (Å²) < 4.78 is 0. The third-order valence-electron chi connectivity index (χ3n) is 7.57. The molecule has 1 unspecified atom stereocenters. The van der Waals surface area contributed by atoms with Gasteiger partial charge in [0.15, 0.2) is 0 Å². The summed E-state index contributed by atoms with van der Waals surface area (Å²) in [6, 6.07) is 4.02. The quantitative estimate of drug-likeness (QED) is 0.625. The Morgan fingerprint density at radius 1 is 1.03 bits per heavy atom. The second-order valence-electron chi connectivity index (χ2n) is 9.17. The first-order valence-corrected chi connectivity index (χ1v) is 10.6. The molecular weight excluding hydrogens is 402 g/mol. The lowest BCUT2D eigenvalue weighted by molar-refractivity contribution is -0.155. The first-order valence-electron chi connectivity index (χ1n) is 10.6. The van der Waals surface area contributed by atoms with Gasteiger partial charge >= 0.3 is 5.97 Å². The topological polar surface area (TPSA) is 133 Å². The van der Waals surface area contributed by atoms with E-state index in [-0.39, 0.29) is 29.5 Å². The molecule has 1 saturated heterocycles. The SMILES string of the molecule is O=C1CCC(N2C(=O)c3cccc(NC45CCC(C(=O)O)(CC4)CC5)c3C2=O)C(=O)N1. The third kappa shape index (κ3) is 2.86. The normalized spacial score (nSPS) is 32.1. The number of nitrogens with one attached hydrogen (secondary N) is 2. The van der Waals surface area contributed by atoms with Gasteiger partial charge in [-0.15, -0.1) is 0 Å². The van der Waals surface area contributed by atoms with Gasteiger partial charge in [0.25, 0.3) is 11.8 Å². The maximum Gasteiger partial charge on any atom is 0.309 e. The molecule has 6 rings (SSSR count). The number of carbonyl (C=O) groups is 5. The number of aliphatic carboxylic acids is 1. The van der Waals surface area contributed by atoms with Crippen LogP contribution in [0.15, 0.2) is 18.2 Å². The van der Waals surface area contributed by atoms with E-state index in [1.54, 1.807) is 18.2 Å². The van der Waals surface area contributed by atoms with E-state index in [4.69, 9.17) is 0 Å². The summed E-state index contributed by atoms with van der Waals surface area (Å²) in [5.74, 6) is -2.86. The standard InChI is InChI=1S/C22H23N3O6/c26-15-5-4-14(17(27)23-15)25-18(28)12-2-1-3-13(16(12)19(25)29)24-22-9-6-21(7-10-22,8-11-22)20(30)31/h1-3,14,24H,4-11H2,(H,30,31)(H,23,26,27). The molecule has 9 nitrogen and oxygen atoms in total. The number of fused-ring (bicyclic) bond motifs is 4. The summed E-state index contributed by atoms with van der Waals surface area (Å²) >= 11 is 0. The summed E-state index contributed by atoms with van der Waals surface area (Å²) in [6.45, 7) is 0. The van der Waals surface area contributed by atoms with E-state index in [9.17, 15) is 29.1 Å².